The van der Waals surface area contributed by atoms with Crippen molar-refractivity contribution >= 4 is 29.2 Å². The molecule has 36 heavy (non-hydrogen) atoms. The second-order valence-corrected chi connectivity index (χ2v) is 9.22. The van der Waals surface area contributed by atoms with E-state index in [0.717, 1.165) is 16.7 Å². The molecule has 1 aromatic heterocycles. The summed E-state index contributed by atoms with van der Waals surface area (Å²) < 4.78 is 0. The van der Waals surface area contributed by atoms with Gasteiger partial charge in [-0.25, -0.2) is 4.98 Å². The Morgan fingerprint density at radius 1 is 0.889 bits per heavy atom. The summed E-state index contributed by atoms with van der Waals surface area (Å²) in [5, 5.41) is 5.68. The number of pyridine rings is 1. The van der Waals surface area contributed by atoms with E-state index in [1.165, 1.54) is 0 Å². The van der Waals surface area contributed by atoms with E-state index >= 15 is 0 Å². The number of hydrogen-bond acceptors (Lipinski definition) is 4. The SMILES string of the molecule is Cc1ccc(C(C(=O)NC(C)C)N(C(=O)CCC(=O)Nc2ccccn2)c2cccc(C)c2C)cc1. The van der Waals surface area contributed by atoms with Crippen LogP contribution in [0.2, 0.25) is 0 Å². The lowest BCUT2D eigenvalue weighted by Crippen LogP contribution is -2.46. The number of nitrogens with zero attached hydrogens (tertiary/aromatic N) is 2. The molecule has 0 spiro atoms. The summed E-state index contributed by atoms with van der Waals surface area (Å²) in [7, 11) is 0. The first-order valence-corrected chi connectivity index (χ1v) is 12.1. The number of amides is 3. The maximum Gasteiger partial charge on any atom is 0.248 e. The number of nitrogens with one attached hydrogen (secondary N) is 2. The van der Waals surface area contributed by atoms with E-state index in [-0.39, 0.29) is 36.6 Å². The minimum Gasteiger partial charge on any atom is -0.352 e. The van der Waals surface area contributed by atoms with Crippen molar-refractivity contribution in [2.45, 2.75) is 59.5 Å². The fourth-order valence-corrected chi connectivity index (χ4v) is 3.93. The number of aryl methyl sites for hydroxylation is 2. The Morgan fingerprint density at radius 3 is 2.25 bits per heavy atom. The van der Waals surface area contributed by atoms with Gasteiger partial charge in [0.1, 0.15) is 11.9 Å². The Balaban J connectivity index is 1.98. The van der Waals surface area contributed by atoms with Gasteiger partial charge in [-0.2, -0.15) is 0 Å². The van der Waals surface area contributed by atoms with Gasteiger partial charge >= 0.3 is 0 Å². The van der Waals surface area contributed by atoms with Crippen LogP contribution in [0.15, 0.2) is 66.9 Å². The van der Waals surface area contributed by atoms with Gasteiger partial charge in [0, 0.05) is 30.8 Å². The average Bonchev–Trinajstić information content (AvgIpc) is 2.84. The first-order valence-electron chi connectivity index (χ1n) is 12.1. The number of anilines is 2. The number of rotatable bonds is 9. The average molecular weight is 487 g/mol. The molecule has 7 heteroatoms. The molecule has 0 saturated carbocycles. The minimum atomic E-state index is -0.889. The molecule has 3 amide bonds. The molecule has 0 bridgehead atoms. The van der Waals surface area contributed by atoms with Crippen LogP contribution in [0.3, 0.4) is 0 Å². The predicted molar refractivity (Wildman–Crippen MR) is 143 cm³/mol. The fourth-order valence-electron chi connectivity index (χ4n) is 3.93. The third kappa shape index (κ3) is 6.78. The lowest BCUT2D eigenvalue weighted by atomic mass is 9.98. The van der Waals surface area contributed by atoms with Crippen LogP contribution in [-0.4, -0.2) is 28.7 Å². The molecular weight excluding hydrogens is 452 g/mol. The smallest absolute Gasteiger partial charge is 0.248 e. The third-order valence-electron chi connectivity index (χ3n) is 5.93. The van der Waals surface area contributed by atoms with E-state index in [0.29, 0.717) is 17.1 Å². The zero-order chi connectivity index (χ0) is 26.2. The van der Waals surface area contributed by atoms with E-state index in [1.54, 1.807) is 29.3 Å². The Morgan fingerprint density at radius 2 is 1.61 bits per heavy atom. The molecule has 2 N–H and O–H groups in total. The van der Waals surface area contributed by atoms with E-state index in [2.05, 4.69) is 15.6 Å². The first-order chi connectivity index (χ1) is 17.2. The van der Waals surface area contributed by atoms with Crippen LogP contribution in [0.25, 0.3) is 0 Å². The van der Waals surface area contributed by atoms with Crippen molar-refractivity contribution in [2.24, 2.45) is 0 Å². The van der Waals surface area contributed by atoms with Crippen molar-refractivity contribution in [1.29, 1.82) is 0 Å². The standard InChI is InChI=1S/C29H34N4O3/c1-19(2)31-29(36)28(23-14-12-20(3)13-15-23)33(24-10-8-9-21(4)22(24)5)27(35)17-16-26(34)32-25-11-6-7-18-30-25/h6-15,18-19,28H,16-17H2,1-5H3,(H,31,36)(H,30,32,34). The summed E-state index contributed by atoms with van der Waals surface area (Å²) in [4.78, 5) is 45.5. The molecule has 1 unspecified atom stereocenters. The number of aromatic nitrogens is 1. The molecule has 7 nitrogen and oxygen atoms in total. The zero-order valence-corrected chi connectivity index (χ0v) is 21.5. The quantitative estimate of drug-likeness (QED) is 0.444. The summed E-state index contributed by atoms with van der Waals surface area (Å²) in [6.45, 7) is 9.65. The summed E-state index contributed by atoms with van der Waals surface area (Å²) in [5.41, 5.74) is 4.31. The van der Waals surface area contributed by atoms with Gasteiger partial charge in [-0.05, 0) is 69.5 Å². The van der Waals surface area contributed by atoms with Crippen LogP contribution in [0.1, 0.15) is 55.0 Å². The summed E-state index contributed by atoms with van der Waals surface area (Å²) >= 11 is 0. The van der Waals surface area contributed by atoms with Crippen molar-refractivity contribution in [3.8, 4) is 0 Å². The summed E-state index contributed by atoms with van der Waals surface area (Å²) in [6, 6.07) is 17.5. The Kier molecular flexibility index (Phi) is 8.95. The van der Waals surface area contributed by atoms with E-state index < -0.39 is 6.04 Å². The second-order valence-electron chi connectivity index (χ2n) is 9.22. The van der Waals surface area contributed by atoms with Crippen LogP contribution in [-0.2, 0) is 14.4 Å². The summed E-state index contributed by atoms with van der Waals surface area (Å²) in [6.07, 6.45) is 1.48. The number of hydrogen-bond donors (Lipinski definition) is 2. The highest BCUT2D eigenvalue weighted by atomic mass is 16.2. The molecule has 0 saturated heterocycles. The highest BCUT2D eigenvalue weighted by molar-refractivity contribution is 6.03. The lowest BCUT2D eigenvalue weighted by molar-refractivity contribution is -0.127. The topological polar surface area (TPSA) is 91.4 Å². The van der Waals surface area contributed by atoms with Crippen LogP contribution in [0.5, 0.6) is 0 Å². The Labute approximate surface area is 212 Å². The number of benzene rings is 2. The van der Waals surface area contributed by atoms with Gasteiger partial charge in [0.25, 0.3) is 0 Å². The van der Waals surface area contributed by atoms with Gasteiger partial charge in [-0.1, -0.05) is 48.0 Å². The van der Waals surface area contributed by atoms with Crippen LogP contribution in [0.4, 0.5) is 11.5 Å². The van der Waals surface area contributed by atoms with Gasteiger partial charge in [0.2, 0.25) is 17.7 Å². The van der Waals surface area contributed by atoms with Crippen LogP contribution in [0, 0.1) is 20.8 Å². The second kappa shape index (κ2) is 12.1. The van der Waals surface area contributed by atoms with Gasteiger partial charge < -0.3 is 10.6 Å². The Bertz CT molecular complexity index is 1210. The van der Waals surface area contributed by atoms with E-state index in [1.807, 2.05) is 77.1 Å². The maximum absolute atomic E-state index is 13.8. The third-order valence-corrected chi connectivity index (χ3v) is 5.93. The van der Waals surface area contributed by atoms with E-state index in [9.17, 15) is 14.4 Å². The van der Waals surface area contributed by atoms with Crippen molar-refractivity contribution in [3.63, 3.8) is 0 Å². The molecule has 3 rings (SSSR count). The molecule has 2 aromatic carbocycles. The highest BCUT2D eigenvalue weighted by Crippen LogP contribution is 2.33. The lowest BCUT2D eigenvalue weighted by Gasteiger charge is -2.33. The molecule has 0 aliphatic rings. The predicted octanol–water partition coefficient (Wildman–Crippen LogP) is 5.02. The van der Waals surface area contributed by atoms with Crippen molar-refractivity contribution in [1.82, 2.24) is 10.3 Å². The fraction of sp³-hybridized carbons (Fsp3) is 0.310. The molecule has 1 heterocycles. The molecule has 188 valence electrons. The van der Waals surface area contributed by atoms with Gasteiger partial charge in [-0.3, -0.25) is 19.3 Å². The van der Waals surface area contributed by atoms with Crippen LogP contribution >= 0.6 is 0 Å². The summed E-state index contributed by atoms with van der Waals surface area (Å²) in [5.74, 6) is -0.484. The normalized spacial score (nSPS) is 11.6. The minimum absolute atomic E-state index is 0.0385. The van der Waals surface area contributed by atoms with Gasteiger partial charge in [0.05, 0.1) is 0 Å². The largest absolute Gasteiger partial charge is 0.352 e. The van der Waals surface area contributed by atoms with E-state index in [4.69, 9.17) is 0 Å². The Hall–Kier alpha value is -4.00. The molecule has 1 atom stereocenters. The van der Waals surface area contributed by atoms with Crippen molar-refractivity contribution in [3.05, 3.63) is 89.1 Å². The first kappa shape index (κ1) is 26.6. The van der Waals surface area contributed by atoms with Crippen molar-refractivity contribution < 1.29 is 14.4 Å². The monoisotopic (exact) mass is 486 g/mol. The number of carbonyl (C=O) groups excluding carboxylic acids is 3. The van der Waals surface area contributed by atoms with Crippen molar-refractivity contribution in [2.75, 3.05) is 10.2 Å². The van der Waals surface area contributed by atoms with Crippen LogP contribution < -0.4 is 15.5 Å². The molecular formula is C29H34N4O3. The maximum atomic E-state index is 13.8. The highest BCUT2D eigenvalue weighted by Gasteiger charge is 2.34. The zero-order valence-electron chi connectivity index (χ0n) is 21.5. The van der Waals surface area contributed by atoms with Gasteiger partial charge in [0.15, 0.2) is 0 Å². The molecule has 0 radical (unpaired) electrons. The van der Waals surface area contributed by atoms with Gasteiger partial charge in [-0.15, -0.1) is 0 Å². The molecule has 0 aliphatic carbocycles. The molecule has 0 aliphatic heterocycles. The number of carbonyl (C=O) groups is 3. The molecule has 0 fully saturated rings. The molecule has 3 aromatic rings.